The van der Waals surface area contributed by atoms with E-state index in [9.17, 15) is 9.59 Å². The largest absolute Gasteiger partial charge is 0.399 e. The number of benzene rings is 1. The zero-order valence-corrected chi connectivity index (χ0v) is 10.3. The molecule has 96 valence electrons. The number of primary amides is 1. The second-order valence-electron chi connectivity index (χ2n) is 4.82. The van der Waals surface area contributed by atoms with E-state index in [1.165, 1.54) is 4.90 Å². The minimum Gasteiger partial charge on any atom is -0.399 e. The fourth-order valence-corrected chi connectivity index (χ4v) is 2.51. The highest BCUT2D eigenvalue weighted by Gasteiger charge is 2.39. The third-order valence-electron chi connectivity index (χ3n) is 3.77. The molecule has 1 unspecified atom stereocenters. The van der Waals surface area contributed by atoms with Crippen LogP contribution < -0.4 is 11.5 Å². The average molecular weight is 247 g/mol. The summed E-state index contributed by atoms with van der Waals surface area (Å²) in [6.07, 6.45) is 2.62. The molecule has 0 spiro atoms. The number of nitrogen functional groups attached to an aromatic ring is 1. The number of fused-ring (bicyclic) bond motifs is 1. The summed E-state index contributed by atoms with van der Waals surface area (Å²) in [6, 6.07) is 5.07. The maximum Gasteiger partial charge on any atom is 0.315 e. The topological polar surface area (TPSA) is 89.4 Å². The smallest absolute Gasteiger partial charge is 0.315 e. The summed E-state index contributed by atoms with van der Waals surface area (Å²) in [7, 11) is 1.57. The van der Waals surface area contributed by atoms with E-state index in [-0.39, 0.29) is 0 Å². The molecule has 1 atom stereocenters. The molecule has 5 nitrogen and oxygen atoms in total. The van der Waals surface area contributed by atoms with Crippen LogP contribution in [0.5, 0.6) is 0 Å². The van der Waals surface area contributed by atoms with Crippen molar-refractivity contribution in [3.8, 4) is 0 Å². The summed E-state index contributed by atoms with van der Waals surface area (Å²) in [5.74, 6) is 0. The molecule has 1 aromatic rings. The first-order chi connectivity index (χ1) is 8.48. The van der Waals surface area contributed by atoms with Crippen molar-refractivity contribution < 1.29 is 9.59 Å². The highest BCUT2D eigenvalue weighted by atomic mass is 16.2. The van der Waals surface area contributed by atoms with Crippen molar-refractivity contribution in [2.45, 2.75) is 24.8 Å². The maximum absolute atomic E-state index is 11.4. The normalized spacial score (nSPS) is 22.1. The number of urea groups is 1. The molecule has 4 N–H and O–H groups in total. The minimum atomic E-state index is -0.824. The number of carbonyl (C=O) groups excluding carboxylic acids is 2. The van der Waals surface area contributed by atoms with Crippen molar-refractivity contribution in [3.63, 3.8) is 0 Å². The van der Waals surface area contributed by atoms with Gasteiger partial charge in [0.05, 0.1) is 0 Å². The molecular weight excluding hydrogens is 230 g/mol. The van der Waals surface area contributed by atoms with Crippen molar-refractivity contribution in [1.29, 1.82) is 0 Å². The molecule has 1 aromatic carbocycles. The van der Waals surface area contributed by atoms with Crippen LogP contribution in [0.3, 0.4) is 0 Å². The SMILES string of the molecule is CN(C(N)=O)C1(C=O)CCc2cc(N)ccc2C1. The molecule has 5 heteroatoms. The van der Waals surface area contributed by atoms with Crippen molar-refractivity contribution in [2.75, 3.05) is 12.8 Å². The van der Waals surface area contributed by atoms with Crippen molar-refractivity contribution in [3.05, 3.63) is 29.3 Å². The van der Waals surface area contributed by atoms with Crippen LogP contribution in [0.1, 0.15) is 17.5 Å². The van der Waals surface area contributed by atoms with Gasteiger partial charge in [-0.25, -0.2) is 4.79 Å². The summed E-state index contributed by atoms with van der Waals surface area (Å²) in [5, 5.41) is 0. The lowest BCUT2D eigenvalue weighted by atomic mass is 9.78. The van der Waals surface area contributed by atoms with Gasteiger partial charge in [-0.1, -0.05) is 6.07 Å². The summed E-state index contributed by atoms with van der Waals surface area (Å²) in [6.45, 7) is 0. The Hall–Kier alpha value is -2.04. The minimum absolute atomic E-state index is 0.492. The van der Waals surface area contributed by atoms with Gasteiger partial charge in [-0.2, -0.15) is 0 Å². The molecule has 0 heterocycles. The average Bonchev–Trinajstić information content (AvgIpc) is 2.37. The maximum atomic E-state index is 11.4. The number of carbonyl (C=O) groups is 2. The number of nitrogens with two attached hydrogens (primary N) is 2. The van der Waals surface area contributed by atoms with Gasteiger partial charge in [-0.05, 0) is 36.1 Å². The van der Waals surface area contributed by atoms with Crippen LogP contribution in [0.4, 0.5) is 10.5 Å². The number of rotatable bonds is 2. The monoisotopic (exact) mass is 247 g/mol. The van der Waals surface area contributed by atoms with E-state index in [0.29, 0.717) is 12.8 Å². The number of anilines is 1. The first-order valence-corrected chi connectivity index (χ1v) is 5.85. The van der Waals surface area contributed by atoms with Crippen molar-refractivity contribution in [2.24, 2.45) is 5.73 Å². The van der Waals surface area contributed by atoms with Crippen LogP contribution in [-0.4, -0.2) is 29.8 Å². The third-order valence-corrected chi connectivity index (χ3v) is 3.77. The molecule has 0 bridgehead atoms. The van der Waals surface area contributed by atoms with E-state index in [1.807, 2.05) is 18.2 Å². The Balaban J connectivity index is 2.37. The van der Waals surface area contributed by atoms with E-state index in [1.54, 1.807) is 7.05 Å². The summed E-state index contributed by atoms with van der Waals surface area (Å²) >= 11 is 0. The lowest BCUT2D eigenvalue weighted by Gasteiger charge is -2.40. The van der Waals surface area contributed by atoms with Crippen molar-refractivity contribution >= 4 is 18.0 Å². The summed E-state index contributed by atoms with van der Waals surface area (Å²) in [5.41, 5.74) is 13.1. The van der Waals surface area contributed by atoms with Gasteiger partial charge in [0.25, 0.3) is 0 Å². The van der Waals surface area contributed by atoms with Crippen molar-refractivity contribution in [1.82, 2.24) is 4.90 Å². The molecule has 0 saturated carbocycles. The number of likely N-dealkylation sites (N-methyl/N-ethyl adjacent to an activating group) is 1. The fourth-order valence-electron chi connectivity index (χ4n) is 2.51. The van der Waals surface area contributed by atoms with Gasteiger partial charge in [0.15, 0.2) is 0 Å². The highest BCUT2D eigenvalue weighted by Crippen LogP contribution is 2.32. The van der Waals surface area contributed by atoms with Crippen LogP contribution in [0.15, 0.2) is 18.2 Å². The van der Waals surface area contributed by atoms with Crippen LogP contribution in [0.25, 0.3) is 0 Å². The third kappa shape index (κ3) is 1.92. The molecule has 18 heavy (non-hydrogen) atoms. The molecule has 0 aliphatic heterocycles. The molecule has 0 fully saturated rings. The van der Waals surface area contributed by atoms with Crippen LogP contribution in [-0.2, 0) is 17.6 Å². The Labute approximate surface area is 106 Å². The number of hydrogen-bond acceptors (Lipinski definition) is 3. The Morgan fingerprint density at radius 1 is 1.44 bits per heavy atom. The quantitative estimate of drug-likeness (QED) is 0.595. The standard InChI is InChI=1S/C13H17N3O2/c1-16(12(15)18)13(8-17)5-4-9-6-11(14)3-2-10(9)7-13/h2-3,6,8H,4-5,7,14H2,1H3,(H2,15,18). The molecule has 2 amide bonds. The Bertz CT molecular complexity index is 501. The van der Waals surface area contributed by atoms with Crippen LogP contribution in [0, 0.1) is 0 Å². The second kappa shape index (κ2) is 4.33. The van der Waals surface area contributed by atoms with E-state index >= 15 is 0 Å². The summed E-state index contributed by atoms with van der Waals surface area (Å²) < 4.78 is 0. The number of amides is 2. The van der Waals surface area contributed by atoms with Gasteiger partial charge in [0, 0.05) is 19.2 Å². The predicted octanol–water partition coefficient (Wildman–Crippen LogP) is 0.706. The first kappa shape index (κ1) is 12.4. The summed E-state index contributed by atoms with van der Waals surface area (Å²) in [4.78, 5) is 24.1. The molecule has 0 saturated heterocycles. The number of aldehydes is 1. The fraction of sp³-hybridized carbons (Fsp3) is 0.385. The Morgan fingerprint density at radius 3 is 2.78 bits per heavy atom. The molecule has 0 radical (unpaired) electrons. The molecule has 2 rings (SSSR count). The predicted molar refractivity (Wildman–Crippen MR) is 69.0 cm³/mol. The Kier molecular flexibility index (Phi) is 2.98. The Morgan fingerprint density at radius 2 is 2.17 bits per heavy atom. The molecule has 0 aromatic heterocycles. The second-order valence-corrected chi connectivity index (χ2v) is 4.82. The van der Waals surface area contributed by atoms with Gasteiger partial charge in [-0.3, -0.25) is 0 Å². The zero-order chi connectivity index (χ0) is 13.3. The van der Waals surface area contributed by atoms with Gasteiger partial charge >= 0.3 is 6.03 Å². The molecule has 1 aliphatic carbocycles. The first-order valence-electron chi connectivity index (χ1n) is 5.85. The van der Waals surface area contributed by atoms with Gasteiger partial charge in [-0.15, -0.1) is 0 Å². The van der Waals surface area contributed by atoms with Gasteiger partial charge in [0.1, 0.15) is 11.8 Å². The molecular formula is C13H17N3O2. The van der Waals surface area contributed by atoms with Crippen LogP contribution >= 0.6 is 0 Å². The van der Waals surface area contributed by atoms with E-state index in [4.69, 9.17) is 11.5 Å². The van der Waals surface area contributed by atoms with E-state index in [2.05, 4.69) is 0 Å². The molecule has 1 aliphatic rings. The highest BCUT2D eigenvalue weighted by molar-refractivity contribution is 5.79. The lowest BCUT2D eigenvalue weighted by Crippen LogP contribution is -2.56. The van der Waals surface area contributed by atoms with Crippen LogP contribution in [0.2, 0.25) is 0 Å². The number of nitrogens with zero attached hydrogens (tertiary/aromatic N) is 1. The van der Waals surface area contributed by atoms with E-state index in [0.717, 1.165) is 29.5 Å². The lowest BCUT2D eigenvalue weighted by molar-refractivity contribution is -0.117. The van der Waals surface area contributed by atoms with E-state index < -0.39 is 11.6 Å². The number of hydrogen-bond donors (Lipinski definition) is 2. The number of aryl methyl sites for hydroxylation is 1. The van der Waals surface area contributed by atoms with Gasteiger partial charge in [0.2, 0.25) is 0 Å². The zero-order valence-electron chi connectivity index (χ0n) is 10.3. The van der Waals surface area contributed by atoms with Gasteiger partial charge < -0.3 is 21.2 Å².